The minimum absolute atomic E-state index is 0.251. The van der Waals surface area contributed by atoms with Gasteiger partial charge in [0.25, 0.3) is 0 Å². The zero-order valence-electron chi connectivity index (χ0n) is 15.0. The summed E-state index contributed by atoms with van der Waals surface area (Å²) in [6.45, 7) is 4.21. The predicted molar refractivity (Wildman–Crippen MR) is 103 cm³/mol. The molecule has 0 N–H and O–H groups in total. The number of hydrogen-bond donors (Lipinski definition) is 0. The van der Waals surface area contributed by atoms with Crippen LogP contribution in [-0.4, -0.2) is 21.9 Å². The summed E-state index contributed by atoms with van der Waals surface area (Å²) in [5, 5.41) is 18.7. The van der Waals surface area contributed by atoms with E-state index in [1.807, 2.05) is 48.5 Å². The lowest BCUT2D eigenvalue weighted by Crippen LogP contribution is -2.04. The van der Waals surface area contributed by atoms with Gasteiger partial charge in [0, 0.05) is 17.4 Å². The summed E-state index contributed by atoms with van der Waals surface area (Å²) < 4.78 is 7.34. The molecule has 0 radical (unpaired) electrons. The Balaban J connectivity index is 1.90. The highest BCUT2D eigenvalue weighted by molar-refractivity contribution is 7.98. The van der Waals surface area contributed by atoms with Crippen LogP contribution in [0, 0.1) is 11.3 Å². The fraction of sp³-hybridized carbons (Fsp3) is 0.250. The van der Waals surface area contributed by atoms with Gasteiger partial charge in [-0.05, 0) is 42.0 Å². The van der Waals surface area contributed by atoms with Crippen molar-refractivity contribution in [3.05, 3.63) is 65.5 Å². The van der Waals surface area contributed by atoms with Crippen molar-refractivity contribution in [2.24, 2.45) is 0 Å². The van der Waals surface area contributed by atoms with Crippen LogP contribution in [0.25, 0.3) is 5.69 Å². The molecule has 0 saturated carbocycles. The Hall–Kier alpha value is -2.78. The van der Waals surface area contributed by atoms with Gasteiger partial charge in [-0.3, -0.25) is 4.57 Å². The minimum Gasteiger partial charge on any atom is -0.497 e. The number of methoxy groups -OCH3 is 1. The third-order valence-electron chi connectivity index (χ3n) is 3.93. The molecule has 0 bridgehead atoms. The van der Waals surface area contributed by atoms with Gasteiger partial charge in [0.1, 0.15) is 11.6 Å². The average Bonchev–Trinajstić information content (AvgIpc) is 3.11. The first-order valence-corrected chi connectivity index (χ1v) is 9.32. The zero-order chi connectivity index (χ0) is 18.5. The van der Waals surface area contributed by atoms with Gasteiger partial charge < -0.3 is 4.74 Å². The Bertz CT molecular complexity index is 926. The molecule has 0 unspecified atom stereocenters. The molecule has 0 aliphatic heterocycles. The second kappa shape index (κ2) is 8.07. The van der Waals surface area contributed by atoms with Gasteiger partial charge in [-0.15, -0.1) is 10.2 Å². The number of nitriles is 1. The van der Waals surface area contributed by atoms with Crippen molar-refractivity contribution < 1.29 is 4.74 Å². The van der Waals surface area contributed by atoms with E-state index in [0.29, 0.717) is 5.56 Å². The monoisotopic (exact) mass is 364 g/mol. The summed E-state index contributed by atoms with van der Waals surface area (Å²) in [6.07, 6.45) is 0. The topological polar surface area (TPSA) is 63.7 Å². The van der Waals surface area contributed by atoms with Crippen LogP contribution in [0.3, 0.4) is 0 Å². The van der Waals surface area contributed by atoms with Crippen LogP contribution < -0.4 is 4.74 Å². The lowest BCUT2D eigenvalue weighted by Gasteiger charge is -2.12. The fourth-order valence-corrected chi connectivity index (χ4v) is 3.50. The van der Waals surface area contributed by atoms with Crippen LogP contribution in [0.2, 0.25) is 0 Å². The van der Waals surface area contributed by atoms with Gasteiger partial charge in [0.15, 0.2) is 5.16 Å². The van der Waals surface area contributed by atoms with Crippen LogP contribution in [0.15, 0.2) is 53.7 Å². The number of nitrogens with zero attached hydrogens (tertiary/aromatic N) is 4. The second-order valence-corrected chi connectivity index (χ2v) is 7.07. The van der Waals surface area contributed by atoms with Crippen molar-refractivity contribution in [2.75, 3.05) is 7.11 Å². The standard InChI is InChI=1S/C20H20N4OS/c1-14(2)19-22-23-20(24(19)17-7-9-18(25-3)10-8-17)26-13-16-6-4-5-15(11-16)12-21/h4-11,14H,13H2,1-3H3. The smallest absolute Gasteiger partial charge is 0.196 e. The van der Waals surface area contributed by atoms with Gasteiger partial charge in [-0.2, -0.15) is 5.26 Å². The maximum absolute atomic E-state index is 9.05. The van der Waals surface area contributed by atoms with Crippen LogP contribution in [0.5, 0.6) is 5.75 Å². The summed E-state index contributed by atoms with van der Waals surface area (Å²) in [7, 11) is 1.66. The third-order valence-corrected chi connectivity index (χ3v) is 4.93. The summed E-state index contributed by atoms with van der Waals surface area (Å²) in [5.41, 5.74) is 2.76. The molecule has 1 heterocycles. The molecule has 0 aliphatic rings. The van der Waals surface area contributed by atoms with Crippen LogP contribution in [0.4, 0.5) is 0 Å². The number of hydrogen-bond acceptors (Lipinski definition) is 5. The van der Waals surface area contributed by atoms with Gasteiger partial charge in [-0.25, -0.2) is 0 Å². The van der Waals surface area contributed by atoms with Crippen LogP contribution in [-0.2, 0) is 5.75 Å². The minimum atomic E-state index is 0.251. The summed E-state index contributed by atoms with van der Waals surface area (Å²) in [6, 6.07) is 17.7. The Morgan fingerprint density at radius 1 is 1.15 bits per heavy atom. The number of benzene rings is 2. The molecule has 6 heteroatoms. The molecule has 3 aromatic rings. The second-order valence-electron chi connectivity index (χ2n) is 6.13. The SMILES string of the molecule is COc1ccc(-n2c(SCc3cccc(C#N)c3)nnc2C(C)C)cc1. The molecular formula is C20H20N4OS. The first-order chi connectivity index (χ1) is 12.6. The van der Waals surface area contributed by atoms with Crippen molar-refractivity contribution >= 4 is 11.8 Å². The summed E-state index contributed by atoms with van der Waals surface area (Å²) in [4.78, 5) is 0. The van der Waals surface area contributed by atoms with E-state index in [-0.39, 0.29) is 5.92 Å². The van der Waals surface area contributed by atoms with Crippen LogP contribution >= 0.6 is 11.8 Å². The molecule has 2 aromatic carbocycles. The van der Waals surface area contributed by atoms with Crippen molar-refractivity contribution in [2.45, 2.75) is 30.7 Å². The highest BCUT2D eigenvalue weighted by Crippen LogP contribution is 2.29. The number of ether oxygens (including phenoxy) is 1. The molecule has 0 fully saturated rings. The lowest BCUT2D eigenvalue weighted by molar-refractivity contribution is 0.414. The number of aromatic nitrogens is 3. The number of rotatable bonds is 6. The van der Waals surface area contributed by atoms with Crippen molar-refractivity contribution in [1.82, 2.24) is 14.8 Å². The first-order valence-electron chi connectivity index (χ1n) is 8.34. The van der Waals surface area contributed by atoms with Gasteiger partial charge >= 0.3 is 0 Å². The fourth-order valence-electron chi connectivity index (χ4n) is 2.60. The highest BCUT2D eigenvalue weighted by atomic mass is 32.2. The van der Waals surface area contributed by atoms with Gasteiger partial charge in [-0.1, -0.05) is 37.7 Å². The zero-order valence-corrected chi connectivity index (χ0v) is 15.8. The normalized spacial score (nSPS) is 10.7. The average molecular weight is 364 g/mol. The molecule has 3 rings (SSSR count). The van der Waals surface area contributed by atoms with Crippen molar-refractivity contribution in [3.8, 4) is 17.5 Å². The lowest BCUT2D eigenvalue weighted by atomic mass is 10.2. The molecule has 1 aromatic heterocycles. The van der Waals surface area contributed by atoms with Gasteiger partial charge in [0.05, 0.1) is 18.7 Å². The number of thioether (sulfide) groups is 1. The largest absolute Gasteiger partial charge is 0.497 e. The predicted octanol–water partition coefficient (Wildman–Crippen LogP) is 4.56. The molecule has 0 spiro atoms. The molecule has 5 nitrogen and oxygen atoms in total. The summed E-state index contributed by atoms with van der Waals surface area (Å²) in [5.74, 6) is 2.71. The first kappa shape index (κ1) is 18.0. The van der Waals surface area contributed by atoms with Gasteiger partial charge in [0.2, 0.25) is 0 Å². The Labute approximate surface area is 157 Å². The Morgan fingerprint density at radius 2 is 1.92 bits per heavy atom. The highest BCUT2D eigenvalue weighted by Gasteiger charge is 2.17. The van der Waals surface area contributed by atoms with E-state index in [1.54, 1.807) is 18.9 Å². The van der Waals surface area contributed by atoms with Crippen molar-refractivity contribution in [3.63, 3.8) is 0 Å². The van der Waals surface area contributed by atoms with E-state index >= 15 is 0 Å². The maximum Gasteiger partial charge on any atom is 0.196 e. The molecular weight excluding hydrogens is 344 g/mol. The molecule has 0 amide bonds. The Kier molecular flexibility index (Phi) is 5.59. The van der Waals surface area contributed by atoms with E-state index in [9.17, 15) is 0 Å². The van der Waals surface area contributed by atoms with E-state index in [4.69, 9.17) is 10.00 Å². The third kappa shape index (κ3) is 3.89. The molecule has 132 valence electrons. The van der Waals surface area contributed by atoms with E-state index in [0.717, 1.165) is 33.7 Å². The summed E-state index contributed by atoms with van der Waals surface area (Å²) >= 11 is 1.61. The maximum atomic E-state index is 9.05. The molecule has 0 atom stereocenters. The molecule has 0 saturated heterocycles. The van der Waals surface area contributed by atoms with Crippen LogP contribution in [0.1, 0.15) is 36.7 Å². The molecule has 0 aliphatic carbocycles. The molecule has 26 heavy (non-hydrogen) atoms. The van der Waals surface area contributed by atoms with Crippen molar-refractivity contribution in [1.29, 1.82) is 5.26 Å². The van der Waals surface area contributed by atoms with E-state index in [2.05, 4.69) is 34.7 Å². The van der Waals surface area contributed by atoms with E-state index < -0.39 is 0 Å². The van der Waals surface area contributed by atoms with E-state index in [1.165, 1.54) is 0 Å². The Morgan fingerprint density at radius 3 is 2.58 bits per heavy atom. The quantitative estimate of drug-likeness (QED) is 0.600.